The lowest BCUT2D eigenvalue weighted by molar-refractivity contribution is 0.0963. The van der Waals surface area contributed by atoms with Crippen molar-refractivity contribution in [2.24, 2.45) is 5.92 Å². The van der Waals surface area contributed by atoms with Gasteiger partial charge in [0.05, 0.1) is 5.69 Å². The van der Waals surface area contributed by atoms with Gasteiger partial charge in [0.2, 0.25) is 0 Å². The third kappa shape index (κ3) is 3.07. The molecule has 0 unspecified atom stereocenters. The zero-order chi connectivity index (χ0) is 13.8. The first-order valence-electron chi connectivity index (χ1n) is 7.56. The van der Waals surface area contributed by atoms with Gasteiger partial charge < -0.3 is 14.8 Å². The molecule has 0 aliphatic carbocycles. The van der Waals surface area contributed by atoms with Gasteiger partial charge >= 0.3 is 0 Å². The van der Waals surface area contributed by atoms with Gasteiger partial charge in [0.1, 0.15) is 12.4 Å². The maximum Gasteiger partial charge on any atom is 0.146 e. The molecule has 1 N–H and O–H groups in total. The van der Waals surface area contributed by atoms with E-state index in [1.54, 1.807) is 7.11 Å². The molecule has 0 saturated carbocycles. The fourth-order valence-electron chi connectivity index (χ4n) is 3.15. The van der Waals surface area contributed by atoms with Crippen LogP contribution in [0, 0.1) is 5.92 Å². The maximum absolute atomic E-state index is 5.85. The number of anilines is 1. The fourth-order valence-corrected chi connectivity index (χ4v) is 3.15. The lowest BCUT2D eigenvalue weighted by atomic mass is 9.97. The van der Waals surface area contributed by atoms with Gasteiger partial charge in [-0.3, -0.25) is 4.90 Å². The molecule has 2 aliphatic rings. The topological polar surface area (TPSA) is 33.7 Å². The van der Waals surface area contributed by atoms with E-state index >= 15 is 0 Å². The molecule has 0 bridgehead atoms. The van der Waals surface area contributed by atoms with Gasteiger partial charge in [0, 0.05) is 32.4 Å². The third-order valence-corrected chi connectivity index (χ3v) is 4.26. The average molecular weight is 276 g/mol. The molecule has 1 aromatic carbocycles. The molecule has 0 amide bonds. The molecule has 3 rings (SSSR count). The van der Waals surface area contributed by atoms with Crippen molar-refractivity contribution >= 4 is 5.69 Å². The van der Waals surface area contributed by atoms with Gasteiger partial charge in [-0.25, -0.2) is 0 Å². The minimum absolute atomic E-state index is 0.735. The minimum Gasteiger partial charge on any atom is -0.489 e. The van der Waals surface area contributed by atoms with Crippen molar-refractivity contribution in [1.82, 2.24) is 4.90 Å². The summed E-state index contributed by atoms with van der Waals surface area (Å²) in [4.78, 5) is 2.53. The number of hydrogen-bond acceptors (Lipinski definition) is 4. The Hall–Kier alpha value is -1.26. The largest absolute Gasteiger partial charge is 0.489 e. The van der Waals surface area contributed by atoms with Crippen molar-refractivity contribution in [2.75, 3.05) is 45.3 Å². The van der Waals surface area contributed by atoms with E-state index in [4.69, 9.17) is 9.47 Å². The first kappa shape index (κ1) is 13.7. The van der Waals surface area contributed by atoms with E-state index in [0.29, 0.717) is 0 Å². The van der Waals surface area contributed by atoms with Gasteiger partial charge in [-0.15, -0.1) is 0 Å². The van der Waals surface area contributed by atoms with Crippen LogP contribution < -0.4 is 10.1 Å². The Morgan fingerprint density at radius 1 is 1.35 bits per heavy atom. The molecule has 110 valence electrons. The van der Waals surface area contributed by atoms with Gasteiger partial charge in [-0.1, -0.05) is 12.1 Å². The normalized spacial score (nSPS) is 20.1. The van der Waals surface area contributed by atoms with Gasteiger partial charge in [-0.2, -0.15) is 0 Å². The Morgan fingerprint density at radius 2 is 2.20 bits per heavy atom. The predicted molar refractivity (Wildman–Crippen MR) is 80.3 cm³/mol. The Kier molecular flexibility index (Phi) is 4.43. The lowest BCUT2D eigenvalue weighted by Gasteiger charge is -2.32. The quantitative estimate of drug-likeness (QED) is 0.915. The number of rotatable bonds is 4. The summed E-state index contributed by atoms with van der Waals surface area (Å²) < 4.78 is 11.1. The highest BCUT2D eigenvalue weighted by molar-refractivity contribution is 5.61. The molecule has 1 fully saturated rings. The Labute approximate surface area is 121 Å². The SMILES string of the molecule is COCC1CCN(Cc2cccc3c2OCCN3)CC1. The Balaban J connectivity index is 1.61. The summed E-state index contributed by atoms with van der Waals surface area (Å²) >= 11 is 0. The molecule has 4 nitrogen and oxygen atoms in total. The van der Waals surface area contributed by atoms with Crippen LogP contribution in [-0.4, -0.2) is 44.9 Å². The molecule has 0 atom stereocenters. The standard InChI is InChI=1S/C16H24N2O2/c1-19-12-13-5-8-18(9-6-13)11-14-3-2-4-15-16(14)20-10-7-17-15/h2-4,13,17H,5-12H2,1H3. The lowest BCUT2D eigenvalue weighted by Crippen LogP contribution is -2.34. The molecule has 0 spiro atoms. The smallest absolute Gasteiger partial charge is 0.146 e. The first-order valence-corrected chi connectivity index (χ1v) is 7.56. The summed E-state index contributed by atoms with van der Waals surface area (Å²) in [6, 6.07) is 6.41. The number of nitrogens with one attached hydrogen (secondary N) is 1. The van der Waals surface area contributed by atoms with Crippen LogP contribution in [0.1, 0.15) is 18.4 Å². The molecular weight excluding hydrogens is 252 g/mol. The van der Waals surface area contributed by atoms with Crippen molar-refractivity contribution in [2.45, 2.75) is 19.4 Å². The number of nitrogens with zero attached hydrogens (tertiary/aromatic N) is 1. The number of piperidine rings is 1. The van der Waals surface area contributed by atoms with Crippen LogP contribution >= 0.6 is 0 Å². The number of methoxy groups -OCH3 is 1. The predicted octanol–water partition coefficient (Wildman–Crippen LogP) is 2.35. The zero-order valence-corrected chi connectivity index (χ0v) is 12.2. The highest BCUT2D eigenvalue weighted by atomic mass is 16.5. The van der Waals surface area contributed by atoms with Crippen molar-refractivity contribution in [3.05, 3.63) is 23.8 Å². The summed E-state index contributed by atoms with van der Waals surface area (Å²) in [6.45, 7) is 5.88. The van der Waals surface area contributed by atoms with Crippen LogP contribution in [0.25, 0.3) is 0 Å². The van der Waals surface area contributed by atoms with Gasteiger partial charge in [0.25, 0.3) is 0 Å². The van der Waals surface area contributed by atoms with Gasteiger partial charge in [0.15, 0.2) is 0 Å². The van der Waals surface area contributed by atoms with E-state index in [0.717, 1.165) is 56.7 Å². The molecule has 0 aromatic heterocycles. The molecule has 4 heteroatoms. The highest BCUT2D eigenvalue weighted by Crippen LogP contribution is 2.32. The molecular formula is C16H24N2O2. The van der Waals surface area contributed by atoms with Crippen molar-refractivity contribution in [3.8, 4) is 5.75 Å². The van der Waals surface area contributed by atoms with Crippen molar-refractivity contribution in [1.29, 1.82) is 0 Å². The molecule has 2 aliphatic heterocycles. The summed E-state index contributed by atoms with van der Waals surface area (Å²) in [5.74, 6) is 1.79. The average Bonchev–Trinajstić information content (AvgIpc) is 2.50. The van der Waals surface area contributed by atoms with E-state index < -0.39 is 0 Å². The number of para-hydroxylation sites is 1. The van der Waals surface area contributed by atoms with Crippen LogP contribution in [-0.2, 0) is 11.3 Å². The van der Waals surface area contributed by atoms with Gasteiger partial charge in [-0.05, 0) is 37.9 Å². The zero-order valence-electron chi connectivity index (χ0n) is 12.2. The number of ether oxygens (including phenoxy) is 2. The Bertz CT molecular complexity index is 442. The summed E-state index contributed by atoms with van der Waals surface area (Å²) in [6.07, 6.45) is 2.48. The Morgan fingerprint density at radius 3 is 3.00 bits per heavy atom. The van der Waals surface area contributed by atoms with Crippen LogP contribution in [0.3, 0.4) is 0 Å². The van der Waals surface area contributed by atoms with Crippen LogP contribution in [0.4, 0.5) is 5.69 Å². The van der Waals surface area contributed by atoms with Crippen molar-refractivity contribution in [3.63, 3.8) is 0 Å². The monoisotopic (exact) mass is 276 g/mol. The van der Waals surface area contributed by atoms with E-state index in [1.165, 1.54) is 18.4 Å². The highest BCUT2D eigenvalue weighted by Gasteiger charge is 2.21. The molecule has 1 saturated heterocycles. The number of likely N-dealkylation sites (tertiary alicyclic amines) is 1. The van der Waals surface area contributed by atoms with E-state index in [1.807, 2.05) is 0 Å². The number of fused-ring (bicyclic) bond motifs is 1. The second-order valence-electron chi connectivity index (χ2n) is 5.74. The number of benzene rings is 1. The van der Waals surface area contributed by atoms with E-state index in [-0.39, 0.29) is 0 Å². The molecule has 20 heavy (non-hydrogen) atoms. The second kappa shape index (κ2) is 6.46. The first-order chi connectivity index (χ1) is 9.86. The summed E-state index contributed by atoms with van der Waals surface area (Å²) in [5, 5.41) is 3.40. The van der Waals surface area contributed by atoms with Crippen molar-refractivity contribution < 1.29 is 9.47 Å². The van der Waals surface area contributed by atoms with Crippen LogP contribution in [0.2, 0.25) is 0 Å². The molecule has 1 aromatic rings. The second-order valence-corrected chi connectivity index (χ2v) is 5.74. The minimum atomic E-state index is 0.735. The van der Waals surface area contributed by atoms with Crippen LogP contribution in [0.5, 0.6) is 5.75 Å². The molecule has 2 heterocycles. The van der Waals surface area contributed by atoms with Crippen LogP contribution in [0.15, 0.2) is 18.2 Å². The van der Waals surface area contributed by atoms with E-state index in [2.05, 4.69) is 28.4 Å². The summed E-state index contributed by atoms with van der Waals surface area (Å²) in [5.41, 5.74) is 2.45. The fraction of sp³-hybridized carbons (Fsp3) is 0.625. The van der Waals surface area contributed by atoms with E-state index in [9.17, 15) is 0 Å². The number of hydrogen-bond donors (Lipinski definition) is 1. The maximum atomic E-state index is 5.85. The third-order valence-electron chi connectivity index (χ3n) is 4.26. The molecule has 0 radical (unpaired) electrons. The summed E-state index contributed by atoms with van der Waals surface area (Å²) in [7, 11) is 1.80.